The van der Waals surface area contributed by atoms with Gasteiger partial charge in [-0.1, -0.05) is 32.1 Å². The van der Waals surface area contributed by atoms with Crippen molar-refractivity contribution in [3.63, 3.8) is 0 Å². The van der Waals surface area contributed by atoms with Crippen molar-refractivity contribution < 1.29 is 14.4 Å². The molecule has 140 valence electrons. The molecule has 1 aromatic rings. The van der Waals surface area contributed by atoms with Gasteiger partial charge in [-0.15, -0.1) is 11.3 Å². The third-order valence-corrected chi connectivity index (χ3v) is 6.04. The number of likely N-dealkylation sites (tertiary alicyclic amines) is 1. The molecule has 0 aromatic carbocycles. The summed E-state index contributed by atoms with van der Waals surface area (Å²) >= 11 is 1.59. The van der Waals surface area contributed by atoms with Crippen LogP contribution in [0.2, 0.25) is 0 Å². The van der Waals surface area contributed by atoms with Crippen LogP contribution in [0.4, 0.5) is 0 Å². The Morgan fingerprint density at radius 1 is 1.23 bits per heavy atom. The van der Waals surface area contributed by atoms with E-state index in [-0.39, 0.29) is 35.5 Å². The molecule has 5 nitrogen and oxygen atoms in total. The number of thiophene rings is 1. The lowest BCUT2D eigenvalue weighted by molar-refractivity contribution is -0.152. The monoisotopic (exact) mass is 374 g/mol. The second-order valence-electron chi connectivity index (χ2n) is 7.62. The van der Waals surface area contributed by atoms with Crippen LogP contribution < -0.4 is 0 Å². The number of hydrogen-bond acceptors (Lipinski definition) is 4. The van der Waals surface area contributed by atoms with Crippen LogP contribution in [0.5, 0.6) is 0 Å². The fraction of sp³-hybridized carbons (Fsp3) is 0.550. The summed E-state index contributed by atoms with van der Waals surface area (Å²) in [6.07, 6.45) is 5.63. The van der Waals surface area contributed by atoms with Crippen molar-refractivity contribution >= 4 is 29.1 Å². The molecule has 0 saturated carbocycles. The first-order valence-electron chi connectivity index (χ1n) is 9.19. The van der Waals surface area contributed by atoms with Crippen LogP contribution in [0.1, 0.15) is 38.0 Å². The van der Waals surface area contributed by atoms with Crippen LogP contribution in [0.3, 0.4) is 0 Å². The molecule has 26 heavy (non-hydrogen) atoms. The summed E-state index contributed by atoms with van der Waals surface area (Å²) in [7, 11) is 1.75. The molecule has 3 amide bonds. The molecule has 6 heteroatoms. The minimum Gasteiger partial charge on any atom is -0.339 e. The van der Waals surface area contributed by atoms with E-state index in [1.807, 2.05) is 43.5 Å². The lowest BCUT2D eigenvalue weighted by Crippen LogP contribution is -2.50. The van der Waals surface area contributed by atoms with E-state index in [9.17, 15) is 14.4 Å². The van der Waals surface area contributed by atoms with E-state index in [2.05, 4.69) is 0 Å². The molecular weight excluding hydrogens is 348 g/mol. The molecule has 0 bridgehead atoms. The van der Waals surface area contributed by atoms with E-state index in [0.717, 1.165) is 4.88 Å². The van der Waals surface area contributed by atoms with Crippen LogP contribution in [0.25, 0.3) is 0 Å². The van der Waals surface area contributed by atoms with Crippen LogP contribution in [0.15, 0.2) is 29.7 Å². The summed E-state index contributed by atoms with van der Waals surface area (Å²) in [5, 5.41) is 1.98. The molecule has 2 aliphatic rings. The molecule has 1 aliphatic carbocycles. The summed E-state index contributed by atoms with van der Waals surface area (Å²) in [4.78, 5) is 43.0. The molecular formula is C20H26N2O3S. The van der Waals surface area contributed by atoms with E-state index in [1.54, 1.807) is 23.3 Å². The van der Waals surface area contributed by atoms with Gasteiger partial charge in [-0.05, 0) is 36.6 Å². The second kappa shape index (κ2) is 7.74. The third-order valence-electron chi connectivity index (χ3n) is 5.18. The van der Waals surface area contributed by atoms with E-state index in [1.165, 1.54) is 4.90 Å². The largest absolute Gasteiger partial charge is 0.339 e. The van der Waals surface area contributed by atoms with Crippen LogP contribution in [-0.4, -0.2) is 40.6 Å². The summed E-state index contributed by atoms with van der Waals surface area (Å²) < 4.78 is 0. The highest BCUT2D eigenvalue weighted by Gasteiger charge is 2.51. The zero-order valence-corrected chi connectivity index (χ0v) is 16.4. The van der Waals surface area contributed by atoms with Gasteiger partial charge in [-0.2, -0.15) is 0 Å². The van der Waals surface area contributed by atoms with E-state index < -0.39 is 6.04 Å². The second-order valence-corrected chi connectivity index (χ2v) is 8.65. The predicted molar refractivity (Wildman–Crippen MR) is 101 cm³/mol. The van der Waals surface area contributed by atoms with E-state index >= 15 is 0 Å². The SMILES string of the molecule is CC(C)CC(C(=O)N(C)Cc1cccs1)N1C(=O)C2CC=CCC2C1=O. The van der Waals surface area contributed by atoms with Crippen molar-refractivity contribution in [3.8, 4) is 0 Å². The highest BCUT2D eigenvalue weighted by molar-refractivity contribution is 7.09. The van der Waals surface area contributed by atoms with Crippen molar-refractivity contribution in [1.29, 1.82) is 0 Å². The highest BCUT2D eigenvalue weighted by Crippen LogP contribution is 2.37. The number of carbonyl (C=O) groups is 3. The molecule has 0 N–H and O–H groups in total. The van der Waals surface area contributed by atoms with Crippen LogP contribution in [0, 0.1) is 17.8 Å². The molecule has 1 fully saturated rings. The van der Waals surface area contributed by atoms with Gasteiger partial charge < -0.3 is 4.90 Å². The van der Waals surface area contributed by atoms with Crippen molar-refractivity contribution in [1.82, 2.24) is 9.80 Å². The normalized spacial score (nSPS) is 23.5. The van der Waals surface area contributed by atoms with Gasteiger partial charge in [-0.3, -0.25) is 19.3 Å². The molecule has 0 radical (unpaired) electrons. The minimum atomic E-state index is -0.703. The standard InChI is InChI=1S/C20H26N2O3S/c1-13(2)11-17(20(25)21(3)12-14-7-6-10-26-14)22-18(23)15-8-4-5-9-16(15)19(22)24/h4-7,10,13,15-17H,8-9,11-12H2,1-3H3. The van der Waals surface area contributed by atoms with Crippen LogP contribution in [-0.2, 0) is 20.9 Å². The number of carbonyl (C=O) groups excluding carboxylic acids is 3. The van der Waals surface area contributed by atoms with Crippen molar-refractivity contribution in [2.24, 2.45) is 17.8 Å². The average Bonchev–Trinajstić information content (AvgIpc) is 3.20. The van der Waals surface area contributed by atoms with E-state index in [4.69, 9.17) is 0 Å². The summed E-state index contributed by atoms with van der Waals surface area (Å²) in [5.41, 5.74) is 0. The van der Waals surface area contributed by atoms with Crippen LogP contribution >= 0.6 is 11.3 Å². The fourth-order valence-corrected chi connectivity index (χ4v) is 4.62. The van der Waals surface area contributed by atoms with Gasteiger partial charge in [0.2, 0.25) is 17.7 Å². The average molecular weight is 375 g/mol. The molecule has 3 rings (SSSR count). The Morgan fingerprint density at radius 2 is 1.85 bits per heavy atom. The lowest BCUT2D eigenvalue weighted by atomic mass is 9.85. The first-order valence-corrected chi connectivity index (χ1v) is 10.1. The number of fused-ring (bicyclic) bond motifs is 1. The Labute approximate surface area is 158 Å². The smallest absolute Gasteiger partial charge is 0.245 e. The number of nitrogens with zero attached hydrogens (tertiary/aromatic N) is 2. The van der Waals surface area contributed by atoms with Crippen molar-refractivity contribution in [2.75, 3.05) is 7.05 Å². The van der Waals surface area contributed by atoms with Crippen molar-refractivity contribution in [2.45, 2.75) is 45.7 Å². The van der Waals surface area contributed by atoms with Gasteiger partial charge in [0.05, 0.1) is 18.4 Å². The Bertz CT molecular complexity index is 685. The zero-order chi connectivity index (χ0) is 18.8. The Hall–Kier alpha value is -1.95. The predicted octanol–water partition coefficient (Wildman–Crippen LogP) is 3.07. The Balaban J connectivity index is 1.82. The zero-order valence-electron chi connectivity index (χ0n) is 15.6. The molecule has 2 heterocycles. The molecule has 1 aromatic heterocycles. The molecule has 1 saturated heterocycles. The number of likely N-dealkylation sites (N-methyl/N-ethyl adjacent to an activating group) is 1. The number of amides is 3. The summed E-state index contributed by atoms with van der Waals surface area (Å²) in [6, 6.07) is 3.23. The maximum absolute atomic E-state index is 13.2. The number of imide groups is 1. The van der Waals surface area contributed by atoms with Gasteiger partial charge in [0, 0.05) is 11.9 Å². The molecule has 1 aliphatic heterocycles. The summed E-state index contributed by atoms with van der Waals surface area (Å²) in [6.45, 7) is 4.52. The maximum Gasteiger partial charge on any atom is 0.245 e. The van der Waals surface area contributed by atoms with Gasteiger partial charge in [0.15, 0.2) is 0 Å². The van der Waals surface area contributed by atoms with Crippen molar-refractivity contribution in [3.05, 3.63) is 34.5 Å². The van der Waals surface area contributed by atoms with E-state index in [0.29, 0.717) is 25.8 Å². The maximum atomic E-state index is 13.2. The van der Waals surface area contributed by atoms with Gasteiger partial charge in [-0.25, -0.2) is 0 Å². The molecule has 3 atom stereocenters. The number of rotatable bonds is 6. The number of hydrogen-bond donors (Lipinski definition) is 0. The summed E-state index contributed by atoms with van der Waals surface area (Å²) in [5.74, 6) is -0.878. The topological polar surface area (TPSA) is 57.7 Å². The van der Waals surface area contributed by atoms with Gasteiger partial charge in [0.1, 0.15) is 6.04 Å². The Kier molecular flexibility index (Phi) is 5.61. The highest BCUT2D eigenvalue weighted by atomic mass is 32.1. The molecule has 3 unspecified atom stereocenters. The Morgan fingerprint density at radius 3 is 2.35 bits per heavy atom. The minimum absolute atomic E-state index is 0.152. The molecule has 0 spiro atoms. The quantitative estimate of drug-likeness (QED) is 0.568. The lowest BCUT2D eigenvalue weighted by Gasteiger charge is -2.30. The van der Waals surface area contributed by atoms with Gasteiger partial charge >= 0.3 is 0 Å². The fourth-order valence-electron chi connectivity index (χ4n) is 3.86. The first kappa shape index (κ1) is 18.8. The van der Waals surface area contributed by atoms with Gasteiger partial charge in [0.25, 0.3) is 0 Å². The number of allylic oxidation sites excluding steroid dienone is 2. The first-order chi connectivity index (χ1) is 12.4. The third kappa shape index (κ3) is 3.61.